The lowest BCUT2D eigenvalue weighted by Crippen LogP contribution is -2.35. The minimum absolute atomic E-state index is 0.115. The molecule has 1 amide bonds. The standard InChI is InChI=1S/C23H26N2O4/c1-4-29-18-12-10-16(11-13-18)20-19(21(26)17-8-6-5-7-9-17)22(27)23(28)25(20)15-14-24(2)3/h5-13,20,26H,4,14-15H2,1-3H3/t20-/m1/s1. The summed E-state index contributed by atoms with van der Waals surface area (Å²) in [5, 5.41) is 10.9. The number of aliphatic hydroxyl groups is 1. The molecule has 6 heteroatoms. The molecule has 1 N–H and O–H groups in total. The van der Waals surface area contributed by atoms with E-state index < -0.39 is 17.7 Å². The molecular formula is C23H26N2O4. The minimum atomic E-state index is -0.663. The lowest BCUT2D eigenvalue weighted by Gasteiger charge is -2.26. The number of carbonyl (C=O) groups excluding carboxylic acids is 2. The van der Waals surface area contributed by atoms with Gasteiger partial charge in [-0.3, -0.25) is 9.59 Å². The Hall–Kier alpha value is -3.12. The lowest BCUT2D eigenvalue weighted by molar-refractivity contribution is -0.140. The van der Waals surface area contributed by atoms with E-state index in [4.69, 9.17) is 4.74 Å². The third kappa shape index (κ3) is 4.32. The highest BCUT2D eigenvalue weighted by molar-refractivity contribution is 6.46. The van der Waals surface area contributed by atoms with Crippen molar-refractivity contribution in [3.63, 3.8) is 0 Å². The number of Topliss-reactive ketones (excluding diaryl/α,β-unsaturated/α-hetero) is 1. The molecule has 2 aromatic rings. The predicted octanol–water partition coefficient (Wildman–Crippen LogP) is 3.07. The van der Waals surface area contributed by atoms with Gasteiger partial charge in [0.25, 0.3) is 11.7 Å². The monoisotopic (exact) mass is 394 g/mol. The topological polar surface area (TPSA) is 70.1 Å². The number of benzene rings is 2. The van der Waals surface area contributed by atoms with E-state index in [1.165, 1.54) is 4.90 Å². The molecule has 152 valence electrons. The Morgan fingerprint density at radius 3 is 2.31 bits per heavy atom. The van der Waals surface area contributed by atoms with Gasteiger partial charge in [0.1, 0.15) is 11.5 Å². The predicted molar refractivity (Wildman–Crippen MR) is 112 cm³/mol. The zero-order valence-corrected chi connectivity index (χ0v) is 17.0. The number of amides is 1. The summed E-state index contributed by atoms with van der Waals surface area (Å²) in [5.74, 6) is -0.702. The van der Waals surface area contributed by atoms with Crippen LogP contribution in [0.2, 0.25) is 0 Å². The molecule has 0 radical (unpaired) electrons. The van der Waals surface area contributed by atoms with Crippen molar-refractivity contribution in [2.45, 2.75) is 13.0 Å². The van der Waals surface area contributed by atoms with Crippen LogP contribution in [0.3, 0.4) is 0 Å². The van der Waals surface area contributed by atoms with Crippen LogP contribution in [0, 0.1) is 0 Å². The average molecular weight is 394 g/mol. The fraction of sp³-hybridized carbons (Fsp3) is 0.304. The van der Waals surface area contributed by atoms with Crippen molar-refractivity contribution in [3.05, 3.63) is 71.3 Å². The number of likely N-dealkylation sites (tertiary alicyclic amines) is 1. The van der Waals surface area contributed by atoms with E-state index >= 15 is 0 Å². The fourth-order valence-electron chi connectivity index (χ4n) is 3.43. The van der Waals surface area contributed by atoms with E-state index in [2.05, 4.69) is 0 Å². The van der Waals surface area contributed by atoms with E-state index in [0.29, 0.717) is 31.0 Å². The van der Waals surface area contributed by atoms with Gasteiger partial charge in [-0.1, -0.05) is 42.5 Å². The van der Waals surface area contributed by atoms with Gasteiger partial charge in [-0.25, -0.2) is 0 Å². The first-order chi connectivity index (χ1) is 13.9. The molecule has 6 nitrogen and oxygen atoms in total. The van der Waals surface area contributed by atoms with Crippen LogP contribution in [0.1, 0.15) is 24.1 Å². The van der Waals surface area contributed by atoms with E-state index in [1.807, 2.05) is 56.3 Å². The molecule has 1 heterocycles. The van der Waals surface area contributed by atoms with Gasteiger partial charge >= 0.3 is 0 Å². The first kappa shape index (κ1) is 20.6. The number of ketones is 1. The number of nitrogens with zero attached hydrogens (tertiary/aromatic N) is 2. The molecule has 29 heavy (non-hydrogen) atoms. The first-order valence-corrected chi connectivity index (χ1v) is 9.65. The third-order valence-electron chi connectivity index (χ3n) is 4.88. The molecule has 1 atom stereocenters. The van der Waals surface area contributed by atoms with Gasteiger partial charge in [0.15, 0.2) is 0 Å². The first-order valence-electron chi connectivity index (χ1n) is 9.65. The number of hydrogen-bond acceptors (Lipinski definition) is 5. The maximum Gasteiger partial charge on any atom is 0.295 e. The highest BCUT2D eigenvalue weighted by atomic mass is 16.5. The van der Waals surface area contributed by atoms with Crippen molar-refractivity contribution in [1.82, 2.24) is 9.80 Å². The maximum absolute atomic E-state index is 12.9. The average Bonchev–Trinajstić information content (AvgIpc) is 2.98. The molecule has 1 aliphatic rings. The summed E-state index contributed by atoms with van der Waals surface area (Å²) in [6, 6.07) is 15.5. The van der Waals surface area contributed by atoms with Crippen LogP contribution in [0.15, 0.2) is 60.2 Å². The zero-order chi connectivity index (χ0) is 21.0. The van der Waals surface area contributed by atoms with Crippen LogP contribution in [-0.4, -0.2) is 60.4 Å². The molecule has 1 aliphatic heterocycles. The summed E-state index contributed by atoms with van der Waals surface area (Å²) in [6.07, 6.45) is 0. The van der Waals surface area contributed by atoms with Crippen LogP contribution >= 0.6 is 0 Å². The van der Waals surface area contributed by atoms with Gasteiger partial charge in [0, 0.05) is 18.7 Å². The summed E-state index contributed by atoms with van der Waals surface area (Å²) in [6.45, 7) is 3.44. The second-order valence-corrected chi connectivity index (χ2v) is 7.16. The second-order valence-electron chi connectivity index (χ2n) is 7.16. The molecular weight excluding hydrogens is 368 g/mol. The van der Waals surface area contributed by atoms with Crippen LogP contribution in [0.5, 0.6) is 5.75 Å². The summed E-state index contributed by atoms with van der Waals surface area (Å²) in [4.78, 5) is 29.2. The summed E-state index contributed by atoms with van der Waals surface area (Å²) < 4.78 is 5.50. The number of ether oxygens (including phenoxy) is 1. The van der Waals surface area contributed by atoms with Crippen molar-refractivity contribution in [1.29, 1.82) is 0 Å². The Balaban J connectivity index is 2.09. The molecule has 0 unspecified atom stereocenters. The van der Waals surface area contributed by atoms with E-state index in [9.17, 15) is 14.7 Å². The molecule has 0 bridgehead atoms. The molecule has 2 aromatic carbocycles. The molecule has 1 fully saturated rings. The van der Waals surface area contributed by atoms with Crippen LogP contribution < -0.4 is 4.74 Å². The molecule has 0 spiro atoms. The fourth-order valence-corrected chi connectivity index (χ4v) is 3.43. The van der Waals surface area contributed by atoms with Gasteiger partial charge in [-0.15, -0.1) is 0 Å². The lowest BCUT2D eigenvalue weighted by atomic mass is 9.95. The Morgan fingerprint density at radius 2 is 1.72 bits per heavy atom. The summed E-state index contributed by atoms with van der Waals surface area (Å²) >= 11 is 0. The molecule has 0 saturated carbocycles. The van der Waals surface area contributed by atoms with Crippen LogP contribution in [0.4, 0.5) is 0 Å². The van der Waals surface area contributed by atoms with Crippen molar-refractivity contribution in [2.75, 3.05) is 33.8 Å². The Bertz CT molecular complexity index is 904. The van der Waals surface area contributed by atoms with Crippen molar-refractivity contribution < 1.29 is 19.4 Å². The number of aliphatic hydroxyl groups excluding tert-OH is 1. The Kier molecular flexibility index (Phi) is 6.34. The number of carbonyl (C=O) groups is 2. The Labute approximate surface area is 171 Å². The molecule has 0 aliphatic carbocycles. The largest absolute Gasteiger partial charge is 0.507 e. The van der Waals surface area contributed by atoms with Crippen LogP contribution in [0.25, 0.3) is 5.76 Å². The SMILES string of the molecule is CCOc1ccc([C@@H]2C(=C(O)c3ccccc3)C(=O)C(=O)N2CCN(C)C)cc1. The Morgan fingerprint density at radius 1 is 1.07 bits per heavy atom. The number of rotatable bonds is 7. The van der Waals surface area contributed by atoms with Gasteiger partial charge in [0.2, 0.25) is 0 Å². The highest BCUT2D eigenvalue weighted by Crippen LogP contribution is 2.39. The molecule has 1 saturated heterocycles. The number of likely N-dealkylation sites (N-methyl/N-ethyl adjacent to an activating group) is 1. The van der Waals surface area contributed by atoms with Gasteiger partial charge in [0.05, 0.1) is 18.2 Å². The smallest absolute Gasteiger partial charge is 0.295 e. The van der Waals surface area contributed by atoms with Crippen molar-refractivity contribution >= 4 is 17.4 Å². The highest BCUT2D eigenvalue weighted by Gasteiger charge is 2.45. The van der Waals surface area contributed by atoms with E-state index in [-0.39, 0.29) is 11.3 Å². The molecule has 0 aromatic heterocycles. The van der Waals surface area contributed by atoms with E-state index in [1.54, 1.807) is 24.3 Å². The minimum Gasteiger partial charge on any atom is -0.507 e. The maximum atomic E-state index is 12.9. The van der Waals surface area contributed by atoms with Crippen LogP contribution in [-0.2, 0) is 9.59 Å². The third-order valence-corrected chi connectivity index (χ3v) is 4.88. The second kappa shape index (κ2) is 8.92. The quantitative estimate of drug-likeness (QED) is 0.444. The summed E-state index contributed by atoms with van der Waals surface area (Å²) in [5.41, 5.74) is 1.38. The zero-order valence-electron chi connectivity index (χ0n) is 17.0. The normalized spacial score (nSPS) is 18.5. The van der Waals surface area contributed by atoms with Crippen molar-refractivity contribution in [3.8, 4) is 5.75 Å². The van der Waals surface area contributed by atoms with Gasteiger partial charge in [-0.2, -0.15) is 0 Å². The van der Waals surface area contributed by atoms with Crippen molar-refractivity contribution in [2.24, 2.45) is 0 Å². The van der Waals surface area contributed by atoms with Gasteiger partial charge < -0.3 is 19.6 Å². The van der Waals surface area contributed by atoms with Gasteiger partial charge in [-0.05, 0) is 38.7 Å². The summed E-state index contributed by atoms with van der Waals surface area (Å²) in [7, 11) is 3.82. The number of hydrogen-bond donors (Lipinski definition) is 1. The molecule has 3 rings (SSSR count). The van der Waals surface area contributed by atoms with E-state index in [0.717, 1.165) is 5.56 Å².